The van der Waals surface area contributed by atoms with Gasteiger partial charge in [-0.3, -0.25) is 14.4 Å². The molecule has 6 nitrogen and oxygen atoms in total. The molecule has 0 N–H and O–H groups in total. The van der Waals surface area contributed by atoms with Crippen LogP contribution >= 0.6 is 15.9 Å². The zero-order valence-electron chi connectivity index (χ0n) is 16.1. The van der Waals surface area contributed by atoms with E-state index in [-0.39, 0.29) is 29.2 Å². The van der Waals surface area contributed by atoms with Crippen molar-refractivity contribution in [3.05, 3.63) is 86.7 Å². The number of rotatable bonds is 3. The highest BCUT2D eigenvalue weighted by molar-refractivity contribution is 9.10. The van der Waals surface area contributed by atoms with Crippen molar-refractivity contribution in [3.8, 4) is 0 Å². The maximum Gasteiger partial charge on any atom is 0.291 e. The van der Waals surface area contributed by atoms with E-state index in [0.29, 0.717) is 33.2 Å². The molecule has 3 aromatic rings. The summed E-state index contributed by atoms with van der Waals surface area (Å²) in [7, 11) is 0. The third-order valence-electron chi connectivity index (χ3n) is 5.83. The SMILES string of the molecule is C=CCN1C(=O)c2oc3ccc(Br)cc3c(=O)c2C12C(=O)N(CC)c1ccccc12. The van der Waals surface area contributed by atoms with Crippen LogP contribution < -0.4 is 10.3 Å². The molecule has 1 spiro atoms. The zero-order chi connectivity index (χ0) is 21.2. The fourth-order valence-electron chi connectivity index (χ4n) is 4.66. The number of likely N-dealkylation sites (N-methyl/N-ethyl adjacent to an activating group) is 1. The highest BCUT2D eigenvalue weighted by Gasteiger charge is 2.64. The van der Waals surface area contributed by atoms with Gasteiger partial charge in [-0.2, -0.15) is 0 Å². The van der Waals surface area contributed by atoms with E-state index < -0.39 is 11.4 Å². The first-order valence-electron chi connectivity index (χ1n) is 9.58. The fraction of sp³-hybridized carbons (Fsp3) is 0.174. The number of amides is 2. The maximum absolute atomic E-state index is 13.9. The van der Waals surface area contributed by atoms with Crippen molar-refractivity contribution >= 4 is 44.4 Å². The van der Waals surface area contributed by atoms with E-state index in [0.717, 1.165) is 0 Å². The van der Waals surface area contributed by atoms with Crippen molar-refractivity contribution in [1.82, 2.24) is 4.90 Å². The monoisotopic (exact) mass is 464 g/mol. The lowest BCUT2D eigenvalue weighted by Gasteiger charge is -2.33. The molecule has 2 aliphatic heterocycles. The van der Waals surface area contributed by atoms with Crippen molar-refractivity contribution < 1.29 is 14.0 Å². The first-order chi connectivity index (χ1) is 14.5. The van der Waals surface area contributed by atoms with Gasteiger partial charge in [-0.15, -0.1) is 6.58 Å². The fourth-order valence-corrected chi connectivity index (χ4v) is 5.02. The van der Waals surface area contributed by atoms with Crippen LogP contribution in [0.1, 0.15) is 28.6 Å². The molecule has 0 saturated carbocycles. The largest absolute Gasteiger partial charge is 0.450 e. The van der Waals surface area contributed by atoms with E-state index in [1.165, 1.54) is 4.90 Å². The van der Waals surface area contributed by atoms with E-state index in [1.807, 2.05) is 19.1 Å². The quantitative estimate of drug-likeness (QED) is 0.552. The average molecular weight is 465 g/mol. The summed E-state index contributed by atoms with van der Waals surface area (Å²) in [5.74, 6) is -0.910. The molecule has 1 atom stereocenters. The minimum Gasteiger partial charge on any atom is -0.450 e. The number of hydrogen-bond donors (Lipinski definition) is 0. The Hall–Kier alpha value is -3.19. The lowest BCUT2D eigenvalue weighted by Crippen LogP contribution is -2.53. The van der Waals surface area contributed by atoms with Gasteiger partial charge in [0.1, 0.15) is 5.58 Å². The Kier molecular flexibility index (Phi) is 4.02. The zero-order valence-corrected chi connectivity index (χ0v) is 17.7. The normalized spacial score (nSPS) is 19.7. The van der Waals surface area contributed by atoms with Crippen molar-refractivity contribution in [2.75, 3.05) is 18.0 Å². The minimum absolute atomic E-state index is 0.0772. The second kappa shape index (κ2) is 6.40. The van der Waals surface area contributed by atoms with Crippen LogP contribution in [0.2, 0.25) is 0 Å². The van der Waals surface area contributed by atoms with E-state index >= 15 is 0 Å². The molecule has 7 heteroatoms. The van der Waals surface area contributed by atoms with Crippen LogP contribution in [0, 0.1) is 0 Å². The molecule has 1 aromatic heterocycles. The predicted molar refractivity (Wildman–Crippen MR) is 117 cm³/mol. The van der Waals surface area contributed by atoms with Crippen LogP contribution in [-0.4, -0.2) is 29.8 Å². The third kappa shape index (κ3) is 2.10. The van der Waals surface area contributed by atoms with Crippen molar-refractivity contribution in [2.45, 2.75) is 12.5 Å². The van der Waals surface area contributed by atoms with Gasteiger partial charge in [-0.05, 0) is 31.2 Å². The first kappa shape index (κ1) is 18.8. The number of fused-ring (bicyclic) bond motifs is 5. The number of para-hydroxylation sites is 1. The summed E-state index contributed by atoms with van der Waals surface area (Å²) in [6, 6.07) is 12.3. The summed E-state index contributed by atoms with van der Waals surface area (Å²) in [6.45, 7) is 6.12. The molecular weight excluding hydrogens is 448 g/mol. The number of carbonyl (C=O) groups excluding carboxylic acids is 2. The summed E-state index contributed by atoms with van der Waals surface area (Å²) in [4.78, 5) is 44.0. The molecule has 0 aliphatic carbocycles. The number of nitrogens with zero attached hydrogens (tertiary/aromatic N) is 2. The molecule has 30 heavy (non-hydrogen) atoms. The molecule has 0 bridgehead atoms. The number of carbonyl (C=O) groups is 2. The van der Waals surface area contributed by atoms with Crippen LogP contribution in [0.25, 0.3) is 11.0 Å². The Labute approximate surface area is 180 Å². The van der Waals surface area contributed by atoms with Crippen LogP contribution in [-0.2, 0) is 10.3 Å². The molecule has 3 heterocycles. The second-order valence-corrected chi connectivity index (χ2v) is 8.17. The number of anilines is 1. The van der Waals surface area contributed by atoms with Crippen molar-refractivity contribution in [2.24, 2.45) is 0 Å². The summed E-state index contributed by atoms with van der Waals surface area (Å²) in [5.41, 5.74) is -0.274. The average Bonchev–Trinajstić information content (AvgIpc) is 3.14. The van der Waals surface area contributed by atoms with E-state index in [4.69, 9.17) is 4.42 Å². The number of benzene rings is 2. The summed E-state index contributed by atoms with van der Waals surface area (Å²) < 4.78 is 6.64. The predicted octanol–water partition coefficient (Wildman–Crippen LogP) is 3.81. The highest BCUT2D eigenvalue weighted by atomic mass is 79.9. The molecule has 150 valence electrons. The molecule has 2 aliphatic rings. The first-order valence-corrected chi connectivity index (χ1v) is 10.4. The Morgan fingerprint density at radius 3 is 2.67 bits per heavy atom. The van der Waals surface area contributed by atoms with Gasteiger partial charge < -0.3 is 14.2 Å². The third-order valence-corrected chi connectivity index (χ3v) is 6.32. The van der Waals surface area contributed by atoms with Gasteiger partial charge in [0.15, 0.2) is 11.0 Å². The van der Waals surface area contributed by atoms with Crippen LogP contribution in [0.15, 0.2) is 68.8 Å². The maximum atomic E-state index is 13.9. The molecule has 2 aromatic carbocycles. The molecule has 0 saturated heterocycles. The van der Waals surface area contributed by atoms with Gasteiger partial charge >= 0.3 is 0 Å². The molecular formula is C23H17BrN2O4. The van der Waals surface area contributed by atoms with Gasteiger partial charge in [0.05, 0.1) is 16.6 Å². The standard InChI is InChI=1S/C23H17BrN2O4/c1-3-11-26-21(28)20-18(19(27)14-12-13(24)9-10-17(14)30-20)23(26)15-7-5-6-8-16(15)25(4-2)22(23)29/h3,5-10,12H,1,4,11H2,2H3. The van der Waals surface area contributed by atoms with Gasteiger partial charge in [0, 0.05) is 23.1 Å². The summed E-state index contributed by atoms with van der Waals surface area (Å²) in [6.07, 6.45) is 1.55. The van der Waals surface area contributed by atoms with E-state index in [9.17, 15) is 14.4 Å². The van der Waals surface area contributed by atoms with Gasteiger partial charge in [0.25, 0.3) is 11.8 Å². The van der Waals surface area contributed by atoms with Crippen LogP contribution in [0.4, 0.5) is 5.69 Å². The minimum atomic E-state index is -1.57. The van der Waals surface area contributed by atoms with E-state index in [1.54, 1.807) is 41.3 Å². The molecule has 0 radical (unpaired) electrons. The molecule has 2 amide bonds. The summed E-state index contributed by atoms with van der Waals surface area (Å²) in [5, 5.41) is 0.316. The van der Waals surface area contributed by atoms with Crippen LogP contribution in [0.3, 0.4) is 0 Å². The highest BCUT2D eigenvalue weighted by Crippen LogP contribution is 2.52. The lowest BCUT2D eigenvalue weighted by atomic mass is 9.84. The van der Waals surface area contributed by atoms with Crippen LogP contribution in [0.5, 0.6) is 0 Å². The smallest absolute Gasteiger partial charge is 0.291 e. The molecule has 5 rings (SSSR count). The second-order valence-electron chi connectivity index (χ2n) is 7.26. The Morgan fingerprint density at radius 2 is 1.93 bits per heavy atom. The number of halogens is 1. The lowest BCUT2D eigenvalue weighted by molar-refractivity contribution is -0.125. The van der Waals surface area contributed by atoms with Crippen molar-refractivity contribution in [1.29, 1.82) is 0 Å². The Balaban J connectivity index is 1.97. The number of hydrogen-bond acceptors (Lipinski definition) is 4. The molecule has 0 fully saturated rings. The van der Waals surface area contributed by atoms with Gasteiger partial charge in [-0.1, -0.05) is 40.2 Å². The van der Waals surface area contributed by atoms with Gasteiger partial charge in [0.2, 0.25) is 5.76 Å². The molecule has 1 unspecified atom stereocenters. The topological polar surface area (TPSA) is 70.8 Å². The van der Waals surface area contributed by atoms with Gasteiger partial charge in [-0.25, -0.2) is 0 Å². The van der Waals surface area contributed by atoms with E-state index in [2.05, 4.69) is 22.5 Å². The Bertz CT molecular complexity index is 1330. The van der Waals surface area contributed by atoms with Crippen molar-refractivity contribution in [3.63, 3.8) is 0 Å². The Morgan fingerprint density at radius 1 is 1.17 bits per heavy atom. The summed E-state index contributed by atoms with van der Waals surface area (Å²) >= 11 is 3.38.